The number of carbonyl (C=O) groups is 1. The molecule has 0 aromatic carbocycles. The van der Waals surface area contributed by atoms with Crippen LogP contribution in [0.4, 0.5) is 4.79 Å². The van der Waals surface area contributed by atoms with Crippen LogP contribution in [0.5, 0.6) is 0 Å². The molecule has 2 aliphatic rings. The number of rotatable bonds is 6. The van der Waals surface area contributed by atoms with Crippen molar-refractivity contribution in [2.75, 3.05) is 32.8 Å². The maximum absolute atomic E-state index is 11.7. The van der Waals surface area contributed by atoms with Gasteiger partial charge in [0.2, 0.25) is 0 Å². The molecule has 2 rings (SSSR count). The van der Waals surface area contributed by atoms with Crippen molar-refractivity contribution < 1.29 is 9.53 Å². The lowest BCUT2D eigenvalue weighted by Crippen LogP contribution is -2.49. The van der Waals surface area contributed by atoms with E-state index in [0.717, 1.165) is 25.6 Å². The van der Waals surface area contributed by atoms with Crippen molar-refractivity contribution in [2.24, 2.45) is 22.7 Å². The molecule has 3 unspecified atom stereocenters. The lowest BCUT2D eigenvalue weighted by molar-refractivity contribution is 0.147. The first-order valence-corrected chi connectivity index (χ1v) is 9.50. The van der Waals surface area contributed by atoms with E-state index in [-0.39, 0.29) is 12.1 Å². The van der Waals surface area contributed by atoms with E-state index in [0.29, 0.717) is 30.9 Å². The molecule has 24 heavy (non-hydrogen) atoms. The number of piperidine rings is 1. The molecule has 1 saturated carbocycles. The summed E-state index contributed by atoms with van der Waals surface area (Å²) < 4.78 is 5.02. The number of carbonyl (C=O) groups excluding carboxylic acids is 1. The molecule has 0 aromatic rings. The number of nitrogens with one attached hydrogen (secondary N) is 2. The number of aliphatic imine (C=N–C) groups is 1. The van der Waals surface area contributed by atoms with Gasteiger partial charge in [-0.3, -0.25) is 4.99 Å². The molecule has 6 heteroatoms. The highest BCUT2D eigenvalue weighted by Crippen LogP contribution is 2.33. The van der Waals surface area contributed by atoms with Crippen LogP contribution < -0.4 is 10.6 Å². The number of guanidine groups is 1. The van der Waals surface area contributed by atoms with Gasteiger partial charge in [-0.05, 0) is 50.9 Å². The highest BCUT2D eigenvalue weighted by molar-refractivity contribution is 5.80. The summed E-state index contributed by atoms with van der Waals surface area (Å²) in [5.74, 6) is 2.90. The van der Waals surface area contributed by atoms with Gasteiger partial charge in [0.05, 0.1) is 19.2 Å². The zero-order valence-corrected chi connectivity index (χ0v) is 15.7. The van der Waals surface area contributed by atoms with Gasteiger partial charge in [0.25, 0.3) is 0 Å². The van der Waals surface area contributed by atoms with E-state index in [1.54, 1.807) is 0 Å². The molecular formula is C18H34N4O2. The summed E-state index contributed by atoms with van der Waals surface area (Å²) in [7, 11) is 0. The van der Waals surface area contributed by atoms with Crippen molar-refractivity contribution in [3.05, 3.63) is 0 Å². The summed E-state index contributed by atoms with van der Waals surface area (Å²) in [5.41, 5.74) is 0. The highest BCUT2D eigenvalue weighted by Gasteiger charge is 2.33. The van der Waals surface area contributed by atoms with Crippen LogP contribution in [0.15, 0.2) is 4.99 Å². The van der Waals surface area contributed by atoms with Crippen molar-refractivity contribution in [3.63, 3.8) is 0 Å². The van der Waals surface area contributed by atoms with E-state index in [2.05, 4.69) is 36.3 Å². The molecule has 0 aromatic heterocycles. The van der Waals surface area contributed by atoms with Gasteiger partial charge in [0.1, 0.15) is 0 Å². The smallest absolute Gasteiger partial charge is 0.407 e. The lowest BCUT2D eigenvalue weighted by Gasteiger charge is -2.37. The predicted octanol–water partition coefficient (Wildman–Crippen LogP) is 2.45. The van der Waals surface area contributed by atoms with E-state index in [1.807, 2.05) is 6.92 Å². The topological polar surface area (TPSA) is 66.0 Å². The summed E-state index contributed by atoms with van der Waals surface area (Å²) in [6.45, 7) is 12.5. The normalized spacial score (nSPS) is 26.0. The van der Waals surface area contributed by atoms with Gasteiger partial charge >= 0.3 is 6.09 Å². The summed E-state index contributed by atoms with van der Waals surface area (Å²) in [5, 5.41) is 6.40. The monoisotopic (exact) mass is 338 g/mol. The van der Waals surface area contributed by atoms with Crippen LogP contribution in [0, 0.1) is 17.8 Å². The molecule has 0 spiro atoms. The Morgan fingerprint density at radius 2 is 1.92 bits per heavy atom. The molecule has 1 aliphatic carbocycles. The Bertz CT molecular complexity index is 427. The minimum absolute atomic E-state index is 0.0809. The molecule has 1 aliphatic heterocycles. The van der Waals surface area contributed by atoms with Crippen molar-refractivity contribution in [2.45, 2.75) is 53.0 Å². The third kappa shape index (κ3) is 5.87. The van der Waals surface area contributed by atoms with Crippen molar-refractivity contribution in [1.82, 2.24) is 15.5 Å². The first kappa shape index (κ1) is 18.9. The zero-order valence-electron chi connectivity index (χ0n) is 15.7. The van der Waals surface area contributed by atoms with Gasteiger partial charge in [0.15, 0.2) is 5.96 Å². The van der Waals surface area contributed by atoms with Crippen LogP contribution in [0.25, 0.3) is 0 Å². The lowest BCUT2D eigenvalue weighted by atomic mass is 9.92. The Labute approximate surface area is 146 Å². The quantitative estimate of drug-likeness (QED) is 0.577. The fourth-order valence-corrected chi connectivity index (χ4v) is 3.58. The number of ether oxygens (including phenoxy) is 1. The molecule has 3 atom stereocenters. The molecule has 1 saturated heterocycles. The van der Waals surface area contributed by atoms with Crippen molar-refractivity contribution >= 4 is 12.1 Å². The number of nitrogens with zero attached hydrogens (tertiary/aromatic N) is 2. The minimum atomic E-state index is -0.324. The molecule has 6 nitrogen and oxygen atoms in total. The number of amides is 1. The van der Waals surface area contributed by atoms with Gasteiger partial charge in [-0.2, -0.15) is 0 Å². The molecule has 138 valence electrons. The average molecular weight is 338 g/mol. The van der Waals surface area contributed by atoms with E-state index >= 15 is 0 Å². The van der Waals surface area contributed by atoms with E-state index in [4.69, 9.17) is 9.73 Å². The second-order valence-electron chi connectivity index (χ2n) is 7.35. The third-order valence-electron chi connectivity index (χ3n) is 4.71. The van der Waals surface area contributed by atoms with E-state index in [9.17, 15) is 4.79 Å². The fraction of sp³-hybridized carbons (Fsp3) is 0.889. The van der Waals surface area contributed by atoms with Crippen LogP contribution in [0.1, 0.15) is 47.0 Å². The number of hydrogen-bond acceptors (Lipinski definition) is 3. The standard InChI is InChI=1S/C18H34N4O2/c1-5-19-17(22-11-13(3)9-14(4)12-22)20-10-16(15-7-8-15)21-18(23)24-6-2/h13-16H,5-12H2,1-4H3,(H,19,20)(H,21,23). The highest BCUT2D eigenvalue weighted by atomic mass is 16.5. The molecule has 1 heterocycles. The van der Waals surface area contributed by atoms with Gasteiger partial charge in [-0.1, -0.05) is 13.8 Å². The van der Waals surface area contributed by atoms with Crippen LogP contribution in [-0.2, 0) is 4.74 Å². The molecule has 1 amide bonds. The van der Waals surface area contributed by atoms with E-state index in [1.165, 1.54) is 19.3 Å². The van der Waals surface area contributed by atoms with Gasteiger partial charge in [0, 0.05) is 19.6 Å². The molecule has 2 fully saturated rings. The van der Waals surface area contributed by atoms with Gasteiger partial charge in [-0.25, -0.2) is 4.79 Å². The second-order valence-corrected chi connectivity index (χ2v) is 7.35. The number of hydrogen-bond donors (Lipinski definition) is 2. The summed E-state index contributed by atoms with van der Waals surface area (Å²) >= 11 is 0. The summed E-state index contributed by atoms with van der Waals surface area (Å²) in [6, 6.07) is 0.0809. The Hall–Kier alpha value is -1.46. The molecule has 0 bridgehead atoms. The van der Waals surface area contributed by atoms with E-state index < -0.39 is 0 Å². The van der Waals surface area contributed by atoms with Crippen LogP contribution >= 0.6 is 0 Å². The molecule has 0 radical (unpaired) electrons. The fourth-order valence-electron chi connectivity index (χ4n) is 3.58. The minimum Gasteiger partial charge on any atom is -0.450 e. The van der Waals surface area contributed by atoms with Crippen LogP contribution in [-0.4, -0.2) is 55.8 Å². The first-order chi connectivity index (χ1) is 11.5. The zero-order chi connectivity index (χ0) is 17.5. The van der Waals surface area contributed by atoms with Crippen molar-refractivity contribution in [3.8, 4) is 0 Å². The number of likely N-dealkylation sites (tertiary alicyclic amines) is 1. The Morgan fingerprint density at radius 1 is 1.25 bits per heavy atom. The van der Waals surface area contributed by atoms with Crippen molar-refractivity contribution in [1.29, 1.82) is 0 Å². The molecular weight excluding hydrogens is 304 g/mol. The maximum atomic E-state index is 11.7. The first-order valence-electron chi connectivity index (χ1n) is 9.50. The Balaban J connectivity index is 1.98. The predicted molar refractivity (Wildman–Crippen MR) is 97.2 cm³/mol. The molecule has 2 N–H and O–H groups in total. The number of alkyl carbamates (subject to hydrolysis) is 1. The summed E-state index contributed by atoms with van der Waals surface area (Å²) in [4.78, 5) is 18.9. The average Bonchev–Trinajstić information content (AvgIpc) is 3.34. The maximum Gasteiger partial charge on any atom is 0.407 e. The van der Waals surface area contributed by atoms with Crippen LogP contribution in [0.2, 0.25) is 0 Å². The van der Waals surface area contributed by atoms with Crippen LogP contribution in [0.3, 0.4) is 0 Å². The van der Waals surface area contributed by atoms with Gasteiger partial charge < -0.3 is 20.3 Å². The largest absolute Gasteiger partial charge is 0.450 e. The third-order valence-corrected chi connectivity index (χ3v) is 4.71. The Kier molecular flexibility index (Phi) is 7.18. The Morgan fingerprint density at radius 3 is 2.46 bits per heavy atom. The second kappa shape index (κ2) is 9.14. The SMILES string of the molecule is CCNC(=NCC(NC(=O)OCC)C1CC1)N1CC(C)CC(C)C1. The summed E-state index contributed by atoms with van der Waals surface area (Å²) in [6.07, 6.45) is 3.29. The van der Waals surface area contributed by atoms with Gasteiger partial charge in [-0.15, -0.1) is 0 Å².